The smallest absolute Gasteiger partial charge is 0.306 e. The third kappa shape index (κ3) is 62.1. The van der Waals surface area contributed by atoms with E-state index in [2.05, 4.69) is 69.4 Å². The van der Waals surface area contributed by atoms with Gasteiger partial charge in [0.2, 0.25) is 0 Å². The summed E-state index contributed by atoms with van der Waals surface area (Å²) in [6.07, 6.45) is 80.3. The maximum Gasteiger partial charge on any atom is 0.306 e. The second kappa shape index (κ2) is 63.9. The van der Waals surface area contributed by atoms with Crippen LogP contribution in [0.5, 0.6) is 0 Å². The quantitative estimate of drug-likeness (QED) is 0.0261. The molecule has 0 N–H and O–H groups in total. The molecule has 0 aliphatic rings. The Morgan fingerprint density at radius 3 is 0.760 bits per heavy atom. The topological polar surface area (TPSA) is 78.9 Å². The summed E-state index contributed by atoms with van der Waals surface area (Å²) >= 11 is 0. The Morgan fingerprint density at radius 1 is 0.267 bits per heavy atom. The molecular weight excluding hydrogens is 925 g/mol. The molecular formula is C69H126O6. The molecule has 438 valence electrons. The van der Waals surface area contributed by atoms with Gasteiger partial charge in [0.15, 0.2) is 6.10 Å². The van der Waals surface area contributed by atoms with Gasteiger partial charge in [0, 0.05) is 19.3 Å². The zero-order chi connectivity index (χ0) is 54.3. The minimum atomic E-state index is -0.775. The molecule has 0 saturated carbocycles. The summed E-state index contributed by atoms with van der Waals surface area (Å²) in [6.45, 7) is 6.59. The number of carbonyl (C=O) groups excluding carboxylic acids is 3. The van der Waals surface area contributed by atoms with Gasteiger partial charge >= 0.3 is 17.9 Å². The molecule has 0 aromatic carbocycles. The van der Waals surface area contributed by atoms with Gasteiger partial charge < -0.3 is 14.2 Å². The lowest BCUT2D eigenvalue weighted by Gasteiger charge is -2.18. The highest BCUT2D eigenvalue weighted by Gasteiger charge is 2.19. The van der Waals surface area contributed by atoms with Gasteiger partial charge in [-0.3, -0.25) is 14.4 Å². The fraction of sp³-hybridized carbons (Fsp3) is 0.841. The molecule has 6 heteroatoms. The normalized spacial score (nSPS) is 12.3. The number of hydrogen-bond donors (Lipinski definition) is 0. The van der Waals surface area contributed by atoms with Gasteiger partial charge in [-0.15, -0.1) is 0 Å². The molecule has 0 spiro atoms. The molecule has 0 aliphatic carbocycles. The molecule has 0 radical (unpaired) electrons. The Labute approximate surface area is 467 Å². The molecule has 1 atom stereocenters. The van der Waals surface area contributed by atoms with Gasteiger partial charge in [0.25, 0.3) is 0 Å². The van der Waals surface area contributed by atoms with Crippen molar-refractivity contribution < 1.29 is 28.6 Å². The second-order valence-electron chi connectivity index (χ2n) is 22.4. The lowest BCUT2D eigenvalue weighted by molar-refractivity contribution is -0.167. The van der Waals surface area contributed by atoms with Gasteiger partial charge in [-0.05, 0) is 83.5 Å². The van der Waals surface area contributed by atoms with E-state index in [0.717, 1.165) is 89.9 Å². The van der Waals surface area contributed by atoms with Crippen molar-refractivity contribution in [3.05, 3.63) is 48.6 Å². The van der Waals surface area contributed by atoms with E-state index in [1.54, 1.807) is 0 Å². The van der Waals surface area contributed by atoms with Crippen LogP contribution in [0.4, 0.5) is 0 Å². The molecule has 1 unspecified atom stereocenters. The van der Waals surface area contributed by atoms with Crippen LogP contribution in [0.3, 0.4) is 0 Å². The van der Waals surface area contributed by atoms with E-state index in [9.17, 15) is 14.4 Å². The highest BCUT2D eigenvalue weighted by molar-refractivity contribution is 5.71. The number of ether oxygens (including phenoxy) is 3. The molecule has 0 amide bonds. The average Bonchev–Trinajstić information content (AvgIpc) is 3.41. The van der Waals surface area contributed by atoms with E-state index in [4.69, 9.17) is 14.2 Å². The van der Waals surface area contributed by atoms with E-state index in [1.165, 1.54) is 225 Å². The lowest BCUT2D eigenvalue weighted by Crippen LogP contribution is -2.30. The van der Waals surface area contributed by atoms with Gasteiger partial charge in [0.1, 0.15) is 13.2 Å². The molecule has 0 rings (SSSR count). The largest absolute Gasteiger partial charge is 0.462 e. The second-order valence-corrected chi connectivity index (χ2v) is 22.4. The zero-order valence-corrected chi connectivity index (χ0v) is 50.3. The predicted octanol–water partition coefficient (Wildman–Crippen LogP) is 22.6. The molecule has 75 heavy (non-hydrogen) atoms. The van der Waals surface area contributed by atoms with Crippen molar-refractivity contribution in [2.45, 2.75) is 361 Å². The predicted molar refractivity (Wildman–Crippen MR) is 325 cm³/mol. The van der Waals surface area contributed by atoms with Crippen molar-refractivity contribution in [3.8, 4) is 0 Å². The minimum Gasteiger partial charge on any atom is -0.462 e. The number of rotatable bonds is 61. The van der Waals surface area contributed by atoms with Crippen molar-refractivity contribution in [1.29, 1.82) is 0 Å². The number of unbranched alkanes of at least 4 members (excludes halogenated alkanes) is 42. The third-order valence-electron chi connectivity index (χ3n) is 14.8. The van der Waals surface area contributed by atoms with Crippen molar-refractivity contribution in [2.24, 2.45) is 0 Å². The Bertz CT molecular complexity index is 1300. The van der Waals surface area contributed by atoms with Gasteiger partial charge in [-0.1, -0.05) is 301 Å². The summed E-state index contributed by atoms with van der Waals surface area (Å²) in [6, 6.07) is 0. The molecule has 0 aromatic heterocycles. The van der Waals surface area contributed by atoms with E-state index in [-0.39, 0.29) is 31.1 Å². The fourth-order valence-electron chi connectivity index (χ4n) is 9.80. The molecule has 0 heterocycles. The summed E-state index contributed by atoms with van der Waals surface area (Å²) in [5.74, 6) is -0.878. The fourth-order valence-corrected chi connectivity index (χ4v) is 9.80. The van der Waals surface area contributed by atoms with Crippen molar-refractivity contribution in [2.75, 3.05) is 13.2 Å². The molecule has 0 aromatic rings. The molecule has 0 bridgehead atoms. The van der Waals surface area contributed by atoms with E-state index in [1.807, 2.05) is 0 Å². The van der Waals surface area contributed by atoms with Crippen LogP contribution in [-0.2, 0) is 28.6 Å². The SMILES string of the molecule is CCCCC/C=C\C/C=C\CCCCCCCC(=O)OC(COC(=O)CCCCCCCCC)COC(=O)CCCCCCCCCCCCCCCCCCCCCCCCC/C=C\C/C=C\CCCCCCC. The van der Waals surface area contributed by atoms with Crippen LogP contribution < -0.4 is 0 Å². The summed E-state index contributed by atoms with van der Waals surface area (Å²) in [4.78, 5) is 38.0. The Morgan fingerprint density at radius 2 is 0.480 bits per heavy atom. The van der Waals surface area contributed by atoms with E-state index >= 15 is 0 Å². The average molecular weight is 1050 g/mol. The molecule has 0 aliphatic heterocycles. The Kier molecular flexibility index (Phi) is 61.7. The first kappa shape index (κ1) is 72.4. The maximum absolute atomic E-state index is 12.8. The first-order valence-corrected chi connectivity index (χ1v) is 33.1. The first-order valence-electron chi connectivity index (χ1n) is 33.1. The Hall–Kier alpha value is -2.63. The van der Waals surface area contributed by atoms with Crippen LogP contribution in [-0.4, -0.2) is 37.2 Å². The highest BCUT2D eigenvalue weighted by Crippen LogP contribution is 2.18. The van der Waals surface area contributed by atoms with Crippen LogP contribution in [0.2, 0.25) is 0 Å². The third-order valence-corrected chi connectivity index (χ3v) is 14.8. The van der Waals surface area contributed by atoms with Crippen molar-refractivity contribution >= 4 is 17.9 Å². The van der Waals surface area contributed by atoms with E-state index in [0.29, 0.717) is 19.3 Å². The van der Waals surface area contributed by atoms with Crippen LogP contribution in [0.25, 0.3) is 0 Å². The van der Waals surface area contributed by atoms with Gasteiger partial charge in [-0.2, -0.15) is 0 Å². The zero-order valence-electron chi connectivity index (χ0n) is 50.3. The van der Waals surface area contributed by atoms with Crippen LogP contribution >= 0.6 is 0 Å². The van der Waals surface area contributed by atoms with E-state index < -0.39 is 6.10 Å². The van der Waals surface area contributed by atoms with Crippen molar-refractivity contribution in [3.63, 3.8) is 0 Å². The number of allylic oxidation sites excluding steroid dienone is 8. The summed E-state index contributed by atoms with van der Waals surface area (Å²) in [5, 5.41) is 0. The van der Waals surface area contributed by atoms with Crippen LogP contribution in [0.15, 0.2) is 48.6 Å². The van der Waals surface area contributed by atoms with Crippen molar-refractivity contribution in [1.82, 2.24) is 0 Å². The molecule has 0 fully saturated rings. The van der Waals surface area contributed by atoms with Crippen LogP contribution in [0, 0.1) is 0 Å². The lowest BCUT2D eigenvalue weighted by atomic mass is 10.0. The standard InChI is InChI=1S/C69H126O6/c1-4-7-10-13-16-18-20-22-24-25-26-27-28-29-30-31-32-33-34-35-36-37-38-39-40-41-42-43-45-46-48-50-53-56-59-62-68(71)74-65-66(64-73-67(70)61-58-55-52-15-12-9-6-3)75-69(72)63-60-57-54-51-49-47-44-23-21-19-17-14-11-8-5-2/h17,19-20,22-23,25-26,44,66H,4-16,18,21,24,27-43,45-65H2,1-3H3/b19-17-,22-20-,26-25-,44-23-. The highest BCUT2D eigenvalue weighted by atomic mass is 16.6. The minimum absolute atomic E-state index is 0.0744. The molecule has 0 saturated heterocycles. The molecule has 6 nitrogen and oxygen atoms in total. The monoisotopic (exact) mass is 1050 g/mol. The number of carbonyl (C=O) groups is 3. The van der Waals surface area contributed by atoms with Gasteiger partial charge in [0.05, 0.1) is 0 Å². The summed E-state index contributed by atoms with van der Waals surface area (Å²) < 4.78 is 16.8. The maximum atomic E-state index is 12.8. The van der Waals surface area contributed by atoms with Gasteiger partial charge in [-0.25, -0.2) is 0 Å². The number of hydrogen-bond acceptors (Lipinski definition) is 6. The summed E-state index contributed by atoms with van der Waals surface area (Å²) in [5.41, 5.74) is 0. The van der Waals surface area contributed by atoms with Crippen LogP contribution in [0.1, 0.15) is 355 Å². The Balaban J connectivity index is 3.93. The number of esters is 3. The summed E-state index contributed by atoms with van der Waals surface area (Å²) in [7, 11) is 0. The first-order chi connectivity index (χ1) is 37.0.